The van der Waals surface area contributed by atoms with Crippen LogP contribution in [0.3, 0.4) is 0 Å². The van der Waals surface area contributed by atoms with Gasteiger partial charge in [0.25, 0.3) is 5.91 Å². The van der Waals surface area contributed by atoms with E-state index in [2.05, 4.69) is 10.5 Å². The Morgan fingerprint density at radius 2 is 2.09 bits per heavy atom. The van der Waals surface area contributed by atoms with Crippen molar-refractivity contribution < 1.29 is 14.1 Å². The first-order valence-electron chi connectivity index (χ1n) is 8.02. The van der Waals surface area contributed by atoms with Gasteiger partial charge >= 0.3 is 0 Å². The maximum Gasteiger partial charge on any atom is 0.252 e. The van der Waals surface area contributed by atoms with Crippen LogP contribution in [0.15, 0.2) is 34.9 Å². The number of carbonyl (C=O) groups is 1. The van der Waals surface area contributed by atoms with Crippen LogP contribution in [0.4, 0.5) is 0 Å². The highest BCUT2D eigenvalue weighted by Gasteiger charge is 2.35. The highest BCUT2D eigenvalue weighted by Crippen LogP contribution is 2.25. The van der Waals surface area contributed by atoms with Crippen LogP contribution in [0.2, 0.25) is 0 Å². The number of aryl methyl sites for hydroxylation is 1. The third-order valence-electron chi connectivity index (χ3n) is 4.27. The molecule has 23 heavy (non-hydrogen) atoms. The summed E-state index contributed by atoms with van der Waals surface area (Å²) in [5.41, 5.74) is 2.15. The monoisotopic (exact) mass is 314 g/mol. The summed E-state index contributed by atoms with van der Waals surface area (Å²) in [6.07, 6.45) is 2.80. The van der Waals surface area contributed by atoms with E-state index in [4.69, 9.17) is 9.26 Å². The SMILES string of the molecule is Cc1ccc(-c2cc(CNC(=O)C3(C)CCCCO3)no2)cc1. The van der Waals surface area contributed by atoms with Gasteiger partial charge in [-0.2, -0.15) is 0 Å². The zero-order valence-electron chi connectivity index (χ0n) is 13.6. The molecule has 1 unspecified atom stereocenters. The zero-order chi connectivity index (χ0) is 16.3. The van der Waals surface area contributed by atoms with Gasteiger partial charge in [0.2, 0.25) is 0 Å². The molecular weight excluding hydrogens is 292 g/mol. The fourth-order valence-corrected chi connectivity index (χ4v) is 2.72. The van der Waals surface area contributed by atoms with E-state index in [0.717, 1.165) is 24.8 Å². The van der Waals surface area contributed by atoms with E-state index < -0.39 is 5.60 Å². The number of nitrogens with zero attached hydrogens (tertiary/aromatic N) is 1. The molecule has 1 aromatic carbocycles. The Morgan fingerprint density at radius 3 is 2.78 bits per heavy atom. The van der Waals surface area contributed by atoms with Crippen molar-refractivity contribution in [3.63, 3.8) is 0 Å². The minimum absolute atomic E-state index is 0.0860. The maximum absolute atomic E-state index is 12.3. The van der Waals surface area contributed by atoms with Crippen LogP contribution in [-0.4, -0.2) is 23.3 Å². The Hall–Kier alpha value is -2.14. The lowest BCUT2D eigenvalue weighted by Crippen LogP contribution is -2.48. The predicted molar refractivity (Wildman–Crippen MR) is 86.7 cm³/mol. The number of rotatable bonds is 4. The Balaban J connectivity index is 1.61. The van der Waals surface area contributed by atoms with Crippen LogP contribution in [0.1, 0.15) is 37.4 Å². The minimum atomic E-state index is -0.720. The van der Waals surface area contributed by atoms with Gasteiger partial charge in [0.15, 0.2) is 5.76 Å². The van der Waals surface area contributed by atoms with E-state index in [1.807, 2.05) is 44.2 Å². The predicted octanol–water partition coefficient (Wildman–Crippen LogP) is 3.23. The largest absolute Gasteiger partial charge is 0.365 e. The molecule has 5 heteroatoms. The number of hydrogen-bond donors (Lipinski definition) is 1. The van der Waals surface area contributed by atoms with E-state index >= 15 is 0 Å². The highest BCUT2D eigenvalue weighted by atomic mass is 16.5. The molecule has 1 amide bonds. The summed E-state index contributed by atoms with van der Waals surface area (Å²) in [5.74, 6) is 0.617. The lowest BCUT2D eigenvalue weighted by atomic mass is 9.95. The fourth-order valence-electron chi connectivity index (χ4n) is 2.72. The number of hydrogen-bond acceptors (Lipinski definition) is 4. The van der Waals surface area contributed by atoms with Gasteiger partial charge in [0, 0.05) is 18.2 Å². The molecule has 0 radical (unpaired) electrons. The smallest absolute Gasteiger partial charge is 0.252 e. The first-order valence-corrected chi connectivity index (χ1v) is 8.02. The van der Waals surface area contributed by atoms with E-state index in [0.29, 0.717) is 24.6 Å². The lowest BCUT2D eigenvalue weighted by Gasteiger charge is -2.32. The molecule has 0 bridgehead atoms. The molecule has 0 aliphatic carbocycles. The summed E-state index contributed by atoms with van der Waals surface area (Å²) < 4.78 is 11.0. The van der Waals surface area contributed by atoms with Gasteiger partial charge in [-0.15, -0.1) is 0 Å². The van der Waals surface area contributed by atoms with Gasteiger partial charge in [-0.1, -0.05) is 35.0 Å². The van der Waals surface area contributed by atoms with Crippen LogP contribution in [0.25, 0.3) is 11.3 Å². The van der Waals surface area contributed by atoms with Gasteiger partial charge < -0.3 is 14.6 Å². The van der Waals surface area contributed by atoms with Crippen molar-refractivity contribution >= 4 is 5.91 Å². The molecule has 3 rings (SSSR count). The minimum Gasteiger partial charge on any atom is -0.365 e. The lowest BCUT2D eigenvalue weighted by molar-refractivity contribution is -0.150. The summed E-state index contributed by atoms with van der Waals surface area (Å²) in [6, 6.07) is 9.90. The molecular formula is C18H22N2O3. The number of nitrogens with one attached hydrogen (secondary N) is 1. The van der Waals surface area contributed by atoms with Crippen LogP contribution in [-0.2, 0) is 16.1 Å². The van der Waals surface area contributed by atoms with Crippen molar-refractivity contribution in [2.24, 2.45) is 0 Å². The zero-order valence-corrected chi connectivity index (χ0v) is 13.6. The molecule has 1 aromatic heterocycles. The van der Waals surface area contributed by atoms with Gasteiger partial charge in [-0.3, -0.25) is 4.79 Å². The molecule has 2 heterocycles. The van der Waals surface area contributed by atoms with Gasteiger partial charge in [0.05, 0.1) is 6.54 Å². The van der Waals surface area contributed by atoms with E-state index in [9.17, 15) is 4.79 Å². The second kappa shape index (κ2) is 6.54. The van der Waals surface area contributed by atoms with Crippen LogP contribution < -0.4 is 5.32 Å². The van der Waals surface area contributed by atoms with Crippen molar-refractivity contribution in [3.8, 4) is 11.3 Å². The molecule has 1 fully saturated rings. The number of carbonyl (C=O) groups excluding carboxylic acids is 1. The highest BCUT2D eigenvalue weighted by molar-refractivity contribution is 5.84. The van der Waals surface area contributed by atoms with E-state index in [1.54, 1.807) is 0 Å². The number of amides is 1. The second-order valence-corrected chi connectivity index (χ2v) is 6.27. The van der Waals surface area contributed by atoms with Gasteiger partial charge in [0.1, 0.15) is 11.3 Å². The quantitative estimate of drug-likeness (QED) is 0.941. The van der Waals surface area contributed by atoms with Gasteiger partial charge in [-0.25, -0.2) is 0 Å². The Bertz CT molecular complexity index is 670. The van der Waals surface area contributed by atoms with E-state index in [-0.39, 0.29) is 5.91 Å². The standard InChI is InChI=1S/C18H22N2O3/c1-13-5-7-14(8-6-13)16-11-15(20-23-16)12-19-17(21)18(2)9-3-4-10-22-18/h5-8,11H,3-4,9-10,12H2,1-2H3,(H,19,21). The summed E-state index contributed by atoms with van der Waals surface area (Å²) in [6.45, 7) is 4.87. The normalized spacial score (nSPS) is 21.1. The van der Waals surface area contributed by atoms with Crippen LogP contribution >= 0.6 is 0 Å². The second-order valence-electron chi connectivity index (χ2n) is 6.27. The van der Waals surface area contributed by atoms with Crippen LogP contribution in [0.5, 0.6) is 0 Å². The Morgan fingerprint density at radius 1 is 1.30 bits per heavy atom. The Labute approximate surface area is 136 Å². The third kappa shape index (κ3) is 3.62. The Kier molecular flexibility index (Phi) is 4.48. The number of ether oxygens (including phenoxy) is 1. The third-order valence-corrected chi connectivity index (χ3v) is 4.27. The average molecular weight is 314 g/mol. The summed E-state index contributed by atoms with van der Waals surface area (Å²) in [7, 11) is 0. The molecule has 0 spiro atoms. The molecule has 1 saturated heterocycles. The topological polar surface area (TPSA) is 64.4 Å². The van der Waals surface area contributed by atoms with Crippen molar-refractivity contribution in [2.45, 2.75) is 45.3 Å². The molecule has 1 N–H and O–H groups in total. The van der Waals surface area contributed by atoms with Crippen molar-refractivity contribution in [1.29, 1.82) is 0 Å². The number of aromatic nitrogens is 1. The van der Waals surface area contributed by atoms with Crippen molar-refractivity contribution in [3.05, 3.63) is 41.6 Å². The first kappa shape index (κ1) is 15.7. The van der Waals surface area contributed by atoms with Crippen molar-refractivity contribution in [1.82, 2.24) is 10.5 Å². The maximum atomic E-state index is 12.3. The van der Waals surface area contributed by atoms with E-state index in [1.165, 1.54) is 5.56 Å². The van der Waals surface area contributed by atoms with Crippen molar-refractivity contribution in [2.75, 3.05) is 6.61 Å². The number of benzene rings is 1. The van der Waals surface area contributed by atoms with Crippen LogP contribution in [0, 0.1) is 6.92 Å². The fraction of sp³-hybridized carbons (Fsp3) is 0.444. The molecule has 122 valence electrons. The molecule has 0 saturated carbocycles. The van der Waals surface area contributed by atoms with Gasteiger partial charge in [-0.05, 0) is 33.1 Å². The first-order chi connectivity index (χ1) is 11.1. The average Bonchev–Trinajstić information content (AvgIpc) is 3.03. The summed E-state index contributed by atoms with van der Waals surface area (Å²) in [5, 5.41) is 6.92. The molecule has 1 aliphatic rings. The summed E-state index contributed by atoms with van der Waals surface area (Å²) >= 11 is 0. The molecule has 1 atom stereocenters. The summed E-state index contributed by atoms with van der Waals surface area (Å²) in [4.78, 5) is 12.3. The molecule has 1 aliphatic heterocycles. The molecule has 2 aromatic rings. The molecule has 5 nitrogen and oxygen atoms in total.